The van der Waals surface area contributed by atoms with Crippen molar-refractivity contribution < 1.29 is 4.74 Å². The van der Waals surface area contributed by atoms with Crippen molar-refractivity contribution in [3.63, 3.8) is 0 Å². The molecule has 0 saturated carbocycles. The van der Waals surface area contributed by atoms with E-state index in [1.165, 1.54) is 15.9 Å². The lowest BCUT2D eigenvalue weighted by Gasteiger charge is -2.05. The van der Waals surface area contributed by atoms with E-state index in [9.17, 15) is 4.79 Å². The first-order valence-electron chi connectivity index (χ1n) is 11.7. The Kier molecular flexibility index (Phi) is 6.21. The van der Waals surface area contributed by atoms with Crippen LogP contribution in [-0.4, -0.2) is 31.0 Å². The highest BCUT2D eigenvalue weighted by atomic mass is 32.1. The number of rotatable bonds is 7. The molecule has 0 aliphatic rings. The number of hydrogen-bond acceptors (Lipinski definition) is 7. The van der Waals surface area contributed by atoms with Gasteiger partial charge in [-0.05, 0) is 60.9 Å². The maximum absolute atomic E-state index is 13.2. The molecule has 9 heteroatoms. The average molecular weight is 524 g/mol. The highest BCUT2D eigenvalue weighted by Gasteiger charge is 2.14. The van der Waals surface area contributed by atoms with E-state index in [1.54, 1.807) is 11.3 Å². The van der Waals surface area contributed by atoms with Gasteiger partial charge in [0.25, 0.3) is 5.56 Å². The lowest BCUT2D eigenvalue weighted by molar-refractivity contribution is 0.340. The zero-order valence-electron chi connectivity index (χ0n) is 19.8. The predicted molar refractivity (Wildman–Crippen MR) is 149 cm³/mol. The Morgan fingerprint density at radius 2 is 1.89 bits per heavy atom. The molecule has 0 radical (unpaired) electrons. The molecule has 4 aromatic heterocycles. The van der Waals surface area contributed by atoms with Gasteiger partial charge in [-0.2, -0.15) is 14.6 Å². The van der Waals surface area contributed by atoms with Gasteiger partial charge in [0.05, 0.1) is 16.8 Å². The zero-order valence-corrected chi connectivity index (χ0v) is 21.4. The fraction of sp³-hybridized carbons (Fsp3) is 0.0714. The van der Waals surface area contributed by atoms with Crippen LogP contribution in [-0.2, 0) is 0 Å². The van der Waals surface area contributed by atoms with Gasteiger partial charge >= 0.3 is 0 Å². The summed E-state index contributed by atoms with van der Waals surface area (Å²) in [5, 5.41) is 11.3. The fourth-order valence-corrected chi connectivity index (χ4v) is 5.46. The number of thiophene rings is 1. The predicted octanol–water partition coefficient (Wildman–Crippen LogP) is 5.18. The third kappa shape index (κ3) is 4.74. The van der Waals surface area contributed by atoms with Gasteiger partial charge in [0, 0.05) is 22.2 Å². The van der Waals surface area contributed by atoms with Crippen LogP contribution in [0.25, 0.3) is 40.1 Å². The summed E-state index contributed by atoms with van der Waals surface area (Å²) in [5.41, 5.74) is 3.20. The molecule has 6 aromatic rings. The maximum atomic E-state index is 13.2. The van der Waals surface area contributed by atoms with E-state index in [2.05, 4.69) is 10.1 Å². The average Bonchev–Trinajstić information content (AvgIpc) is 3.71. The summed E-state index contributed by atoms with van der Waals surface area (Å²) in [4.78, 5) is 19.4. The molecule has 4 heterocycles. The number of benzene rings is 2. The Balaban J connectivity index is 1.44. The van der Waals surface area contributed by atoms with Gasteiger partial charge in [-0.3, -0.25) is 4.79 Å². The number of aromatic nitrogens is 5. The van der Waals surface area contributed by atoms with Gasteiger partial charge in [0.15, 0.2) is 5.82 Å². The van der Waals surface area contributed by atoms with Gasteiger partial charge in [0.2, 0.25) is 4.96 Å². The summed E-state index contributed by atoms with van der Waals surface area (Å²) in [6, 6.07) is 21.7. The number of para-hydroxylation sites is 1. The molecule has 0 unspecified atom stereocenters. The van der Waals surface area contributed by atoms with Crippen LogP contribution >= 0.6 is 22.7 Å². The molecule has 0 atom stereocenters. The van der Waals surface area contributed by atoms with Gasteiger partial charge in [0.1, 0.15) is 11.4 Å². The van der Waals surface area contributed by atoms with E-state index in [0.717, 1.165) is 33.1 Å². The molecule has 7 nitrogen and oxygen atoms in total. The van der Waals surface area contributed by atoms with Crippen LogP contribution in [0.15, 0.2) is 83.1 Å². The SMILES string of the molecule is CCOc1cccc(-c2nn(-c3ccccc3)cc2/C=c2\sc3nc(/C=C/c4cccs4)nn3c2=O)c1. The standard InChI is InChI=1S/C28H21N5O2S2/c1-2-35-22-11-6-8-19(16-22)26-20(18-32(31-26)21-9-4-3-5-10-21)17-24-27(34)33-28(37-24)29-25(30-33)14-13-23-12-7-15-36-23/h3-18H,2H2,1H3/b14-13+,24-17-. The lowest BCUT2D eigenvalue weighted by Crippen LogP contribution is -2.23. The number of ether oxygens (including phenoxy) is 1. The Morgan fingerprint density at radius 1 is 1.00 bits per heavy atom. The molecule has 0 saturated heterocycles. The van der Waals surface area contributed by atoms with Gasteiger partial charge in [-0.15, -0.1) is 16.4 Å². The minimum absolute atomic E-state index is 0.204. The van der Waals surface area contributed by atoms with Crippen molar-refractivity contribution in [1.82, 2.24) is 24.4 Å². The lowest BCUT2D eigenvalue weighted by atomic mass is 10.1. The van der Waals surface area contributed by atoms with Crippen molar-refractivity contribution in [3.8, 4) is 22.7 Å². The van der Waals surface area contributed by atoms with Crippen LogP contribution in [0.3, 0.4) is 0 Å². The van der Waals surface area contributed by atoms with Gasteiger partial charge < -0.3 is 4.74 Å². The summed E-state index contributed by atoms with van der Waals surface area (Å²) < 4.78 is 9.43. The van der Waals surface area contributed by atoms with E-state index < -0.39 is 0 Å². The van der Waals surface area contributed by atoms with Crippen molar-refractivity contribution in [2.45, 2.75) is 6.92 Å². The monoisotopic (exact) mass is 523 g/mol. The van der Waals surface area contributed by atoms with E-state index in [1.807, 2.05) is 108 Å². The largest absolute Gasteiger partial charge is 0.494 e. The first-order chi connectivity index (χ1) is 18.2. The Hall–Kier alpha value is -4.34. The molecule has 0 bridgehead atoms. The van der Waals surface area contributed by atoms with Crippen LogP contribution in [0.5, 0.6) is 5.75 Å². The summed E-state index contributed by atoms with van der Waals surface area (Å²) in [6.07, 6.45) is 7.56. The Bertz CT molecular complexity index is 1820. The molecule has 37 heavy (non-hydrogen) atoms. The third-order valence-corrected chi connectivity index (χ3v) is 7.40. The minimum Gasteiger partial charge on any atom is -0.494 e. The van der Waals surface area contributed by atoms with Crippen molar-refractivity contribution >= 4 is 45.9 Å². The summed E-state index contributed by atoms with van der Waals surface area (Å²) in [7, 11) is 0. The summed E-state index contributed by atoms with van der Waals surface area (Å²) >= 11 is 2.94. The van der Waals surface area contributed by atoms with E-state index >= 15 is 0 Å². The Labute approximate surface area is 220 Å². The zero-order chi connectivity index (χ0) is 25.2. The second-order valence-electron chi connectivity index (χ2n) is 8.10. The normalized spacial score (nSPS) is 12.2. The van der Waals surface area contributed by atoms with E-state index in [0.29, 0.717) is 21.9 Å². The topological polar surface area (TPSA) is 74.3 Å². The van der Waals surface area contributed by atoms with E-state index in [-0.39, 0.29) is 5.56 Å². The van der Waals surface area contributed by atoms with Gasteiger partial charge in [-0.25, -0.2) is 4.68 Å². The molecule has 0 fully saturated rings. The van der Waals surface area contributed by atoms with Crippen LogP contribution in [0.1, 0.15) is 23.2 Å². The fourth-order valence-electron chi connectivity index (χ4n) is 3.93. The third-order valence-electron chi connectivity index (χ3n) is 5.61. The van der Waals surface area contributed by atoms with Crippen LogP contribution in [0, 0.1) is 0 Å². The molecule has 0 amide bonds. The van der Waals surface area contributed by atoms with Crippen molar-refractivity contribution in [1.29, 1.82) is 0 Å². The summed E-state index contributed by atoms with van der Waals surface area (Å²) in [5.74, 6) is 1.28. The van der Waals surface area contributed by atoms with Crippen molar-refractivity contribution in [2.24, 2.45) is 0 Å². The maximum Gasteiger partial charge on any atom is 0.291 e. The molecule has 0 aliphatic carbocycles. The minimum atomic E-state index is -0.204. The van der Waals surface area contributed by atoms with Gasteiger partial charge in [-0.1, -0.05) is 47.7 Å². The highest BCUT2D eigenvalue weighted by molar-refractivity contribution is 7.15. The van der Waals surface area contributed by atoms with E-state index in [4.69, 9.17) is 9.84 Å². The number of nitrogens with zero attached hydrogens (tertiary/aromatic N) is 5. The quantitative estimate of drug-likeness (QED) is 0.288. The molecular weight excluding hydrogens is 502 g/mol. The first-order valence-corrected chi connectivity index (χ1v) is 13.4. The molecule has 0 N–H and O–H groups in total. The smallest absolute Gasteiger partial charge is 0.291 e. The molecule has 0 spiro atoms. The first kappa shape index (κ1) is 23.1. The van der Waals surface area contributed by atoms with Crippen molar-refractivity contribution in [2.75, 3.05) is 6.61 Å². The number of thiazole rings is 1. The molecular formula is C28H21N5O2S2. The second kappa shape index (κ2) is 9.96. The van der Waals surface area contributed by atoms with Crippen LogP contribution in [0.2, 0.25) is 0 Å². The summed E-state index contributed by atoms with van der Waals surface area (Å²) in [6.45, 7) is 2.53. The molecule has 6 rings (SSSR count). The Morgan fingerprint density at radius 3 is 2.68 bits per heavy atom. The number of hydrogen-bond donors (Lipinski definition) is 0. The van der Waals surface area contributed by atoms with Crippen LogP contribution in [0.4, 0.5) is 0 Å². The number of fused-ring (bicyclic) bond motifs is 1. The molecule has 2 aromatic carbocycles. The molecule has 0 aliphatic heterocycles. The van der Waals surface area contributed by atoms with Crippen LogP contribution < -0.4 is 14.8 Å². The van der Waals surface area contributed by atoms with Crippen molar-refractivity contribution in [3.05, 3.63) is 109 Å². The second-order valence-corrected chi connectivity index (χ2v) is 10.1. The highest BCUT2D eigenvalue weighted by Crippen LogP contribution is 2.27. The molecule has 182 valence electrons.